The van der Waals surface area contributed by atoms with Gasteiger partial charge in [0.25, 0.3) is 0 Å². The van der Waals surface area contributed by atoms with Gasteiger partial charge in [-0.3, -0.25) is 0 Å². The highest BCUT2D eigenvalue weighted by Gasteiger charge is 2.34. The first-order valence-corrected chi connectivity index (χ1v) is 8.21. The smallest absolute Gasteiger partial charge is 0.134 e. The lowest BCUT2D eigenvalue weighted by molar-refractivity contribution is 0.318. The summed E-state index contributed by atoms with van der Waals surface area (Å²) in [6.45, 7) is 6.13. The van der Waals surface area contributed by atoms with E-state index in [9.17, 15) is 0 Å². The molecule has 0 bridgehead atoms. The molecule has 1 heterocycles. The van der Waals surface area contributed by atoms with Crippen LogP contribution in [0.3, 0.4) is 0 Å². The summed E-state index contributed by atoms with van der Waals surface area (Å²) in [6.07, 6.45) is 4.80. The van der Waals surface area contributed by atoms with Crippen molar-refractivity contribution in [2.45, 2.75) is 45.6 Å². The zero-order chi connectivity index (χ0) is 14.7. The zero-order valence-corrected chi connectivity index (χ0v) is 13.0. The molecular formula is C18H25NO2. The van der Waals surface area contributed by atoms with E-state index in [1.54, 1.807) is 0 Å². The van der Waals surface area contributed by atoms with Crippen molar-refractivity contribution in [2.24, 2.45) is 5.92 Å². The summed E-state index contributed by atoms with van der Waals surface area (Å²) >= 11 is 0. The summed E-state index contributed by atoms with van der Waals surface area (Å²) in [5.74, 6) is 2.75. The predicted molar refractivity (Wildman–Crippen MR) is 85.8 cm³/mol. The number of ether oxygens (including phenoxy) is 1. The van der Waals surface area contributed by atoms with E-state index in [4.69, 9.17) is 9.15 Å². The number of hydrogen-bond donors (Lipinski definition) is 1. The van der Waals surface area contributed by atoms with Gasteiger partial charge >= 0.3 is 0 Å². The van der Waals surface area contributed by atoms with E-state index in [1.807, 2.05) is 12.1 Å². The Hall–Kier alpha value is -1.48. The van der Waals surface area contributed by atoms with E-state index in [0.29, 0.717) is 6.04 Å². The third-order valence-electron chi connectivity index (χ3n) is 3.99. The Kier molecular flexibility index (Phi) is 4.49. The quantitative estimate of drug-likeness (QED) is 0.766. The van der Waals surface area contributed by atoms with E-state index >= 15 is 0 Å². The molecule has 1 aromatic heterocycles. The number of furan rings is 1. The fourth-order valence-corrected chi connectivity index (χ4v) is 2.73. The molecule has 1 fully saturated rings. The number of nitrogens with one attached hydrogen (secondary N) is 1. The van der Waals surface area contributed by atoms with Crippen LogP contribution >= 0.6 is 0 Å². The Morgan fingerprint density at radius 2 is 2.10 bits per heavy atom. The van der Waals surface area contributed by atoms with Gasteiger partial charge in [0.15, 0.2) is 0 Å². The van der Waals surface area contributed by atoms with Crippen LogP contribution in [-0.2, 0) is 0 Å². The standard InChI is InChI=1S/C18H25NO2/c1-3-9-19-18(13-5-6-13)17-12-14-11-15(20-10-4-2)7-8-16(14)21-17/h7-8,11-13,18-19H,3-6,9-10H2,1-2H3. The molecule has 3 nitrogen and oxygen atoms in total. The lowest BCUT2D eigenvalue weighted by atomic mass is 10.1. The predicted octanol–water partition coefficient (Wildman–Crippen LogP) is 4.67. The van der Waals surface area contributed by atoms with Gasteiger partial charge in [0, 0.05) is 5.39 Å². The Bertz CT molecular complexity index is 586. The highest BCUT2D eigenvalue weighted by Crippen LogP contribution is 2.42. The normalized spacial score (nSPS) is 16.3. The fourth-order valence-electron chi connectivity index (χ4n) is 2.73. The zero-order valence-electron chi connectivity index (χ0n) is 13.0. The molecule has 21 heavy (non-hydrogen) atoms. The van der Waals surface area contributed by atoms with Crippen molar-refractivity contribution in [3.63, 3.8) is 0 Å². The highest BCUT2D eigenvalue weighted by atomic mass is 16.5. The van der Waals surface area contributed by atoms with Crippen molar-refractivity contribution < 1.29 is 9.15 Å². The van der Waals surface area contributed by atoms with Crippen molar-refractivity contribution in [3.8, 4) is 5.75 Å². The monoisotopic (exact) mass is 287 g/mol. The molecule has 0 aliphatic heterocycles. The molecule has 0 saturated heterocycles. The molecule has 0 spiro atoms. The van der Waals surface area contributed by atoms with E-state index in [-0.39, 0.29) is 0 Å². The molecule has 1 aromatic carbocycles. The third kappa shape index (κ3) is 3.41. The lowest BCUT2D eigenvalue weighted by Crippen LogP contribution is -2.23. The molecule has 2 aromatic rings. The minimum Gasteiger partial charge on any atom is -0.494 e. The summed E-state index contributed by atoms with van der Waals surface area (Å²) in [7, 11) is 0. The molecule has 0 radical (unpaired) electrons. The summed E-state index contributed by atoms with van der Waals surface area (Å²) in [5.41, 5.74) is 0.956. The van der Waals surface area contributed by atoms with Gasteiger partial charge in [-0.05, 0) is 62.4 Å². The Morgan fingerprint density at radius 3 is 2.81 bits per heavy atom. The average Bonchev–Trinajstić information content (AvgIpc) is 3.24. The maximum atomic E-state index is 6.07. The second-order valence-electron chi connectivity index (χ2n) is 5.97. The van der Waals surface area contributed by atoms with Gasteiger partial charge in [-0.15, -0.1) is 0 Å². The second-order valence-corrected chi connectivity index (χ2v) is 5.97. The van der Waals surface area contributed by atoms with Crippen LogP contribution in [0.25, 0.3) is 11.0 Å². The molecule has 3 heteroatoms. The van der Waals surface area contributed by atoms with Crippen LogP contribution in [-0.4, -0.2) is 13.2 Å². The fraction of sp³-hybridized carbons (Fsp3) is 0.556. The summed E-state index contributed by atoms with van der Waals surface area (Å²) in [5, 5.41) is 4.77. The van der Waals surface area contributed by atoms with E-state index in [1.165, 1.54) is 12.8 Å². The van der Waals surface area contributed by atoms with Crippen molar-refractivity contribution in [1.29, 1.82) is 0 Å². The number of benzene rings is 1. The molecule has 1 saturated carbocycles. The largest absolute Gasteiger partial charge is 0.494 e. The number of rotatable bonds is 8. The Balaban J connectivity index is 1.81. The first-order chi connectivity index (χ1) is 10.3. The van der Waals surface area contributed by atoms with Gasteiger partial charge in [0.2, 0.25) is 0 Å². The summed E-state index contributed by atoms with van der Waals surface area (Å²) in [4.78, 5) is 0. The number of fused-ring (bicyclic) bond motifs is 1. The number of hydrogen-bond acceptors (Lipinski definition) is 3. The summed E-state index contributed by atoms with van der Waals surface area (Å²) < 4.78 is 11.8. The maximum absolute atomic E-state index is 6.07. The minimum absolute atomic E-state index is 0.373. The maximum Gasteiger partial charge on any atom is 0.134 e. The molecule has 0 amide bonds. The highest BCUT2D eigenvalue weighted by molar-refractivity contribution is 5.79. The average molecular weight is 287 g/mol. The summed E-state index contributed by atoms with van der Waals surface area (Å²) in [6, 6.07) is 8.66. The van der Waals surface area contributed by atoms with Crippen LogP contribution < -0.4 is 10.1 Å². The molecule has 114 valence electrons. The van der Waals surface area contributed by atoms with E-state index in [0.717, 1.165) is 54.4 Å². The van der Waals surface area contributed by atoms with Gasteiger partial charge < -0.3 is 14.5 Å². The second kappa shape index (κ2) is 6.52. The van der Waals surface area contributed by atoms with Gasteiger partial charge in [0.1, 0.15) is 17.1 Å². The lowest BCUT2D eigenvalue weighted by Gasteiger charge is -2.14. The van der Waals surface area contributed by atoms with E-state index < -0.39 is 0 Å². The van der Waals surface area contributed by atoms with Crippen LogP contribution in [0.4, 0.5) is 0 Å². The molecule has 1 aliphatic rings. The van der Waals surface area contributed by atoms with Crippen LogP contribution in [0, 0.1) is 5.92 Å². The molecule has 3 rings (SSSR count). The molecule has 1 unspecified atom stereocenters. The molecule has 1 N–H and O–H groups in total. The Labute approximate surface area is 126 Å². The molecular weight excluding hydrogens is 262 g/mol. The third-order valence-corrected chi connectivity index (χ3v) is 3.99. The molecule has 1 atom stereocenters. The van der Waals surface area contributed by atoms with Crippen molar-refractivity contribution in [3.05, 3.63) is 30.0 Å². The van der Waals surface area contributed by atoms with Gasteiger partial charge in [-0.1, -0.05) is 13.8 Å². The van der Waals surface area contributed by atoms with Crippen LogP contribution in [0.5, 0.6) is 5.75 Å². The van der Waals surface area contributed by atoms with Crippen molar-refractivity contribution >= 4 is 11.0 Å². The minimum atomic E-state index is 0.373. The van der Waals surface area contributed by atoms with Gasteiger partial charge in [-0.25, -0.2) is 0 Å². The Morgan fingerprint density at radius 1 is 1.24 bits per heavy atom. The van der Waals surface area contributed by atoms with Crippen molar-refractivity contribution in [2.75, 3.05) is 13.2 Å². The van der Waals surface area contributed by atoms with Gasteiger partial charge in [0.05, 0.1) is 12.6 Å². The first kappa shape index (κ1) is 14.5. The van der Waals surface area contributed by atoms with E-state index in [2.05, 4.69) is 31.3 Å². The van der Waals surface area contributed by atoms with Crippen LogP contribution in [0.1, 0.15) is 51.3 Å². The topological polar surface area (TPSA) is 34.4 Å². The van der Waals surface area contributed by atoms with Crippen LogP contribution in [0.2, 0.25) is 0 Å². The first-order valence-electron chi connectivity index (χ1n) is 8.21. The molecule has 1 aliphatic carbocycles. The van der Waals surface area contributed by atoms with Crippen molar-refractivity contribution in [1.82, 2.24) is 5.32 Å². The van der Waals surface area contributed by atoms with Crippen LogP contribution in [0.15, 0.2) is 28.7 Å². The van der Waals surface area contributed by atoms with Gasteiger partial charge in [-0.2, -0.15) is 0 Å². The SMILES string of the molecule is CCCNC(c1cc2cc(OCCC)ccc2o1)C1CC1.